The minimum atomic E-state index is -0.280. The van der Waals surface area contributed by atoms with Gasteiger partial charge in [0, 0.05) is 4.47 Å². The molecule has 4 rings (SSSR count). The highest BCUT2D eigenvalue weighted by Crippen LogP contribution is 2.37. The zero-order valence-electron chi connectivity index (χ0n) is 14.0. The number of fused-ring (bicyclic) bond motifs is 2. The first kappa shape index (κ1) is 16.8. The minimum absolute atomic E-state index is 0.249. The summed E-state index contributed by atoms with van der Waals surface area (Å²) in [7, 11) is 0. The van der Waals surface area contributed by atoms with E-state index in [4.69, 9.17) is 9.47 Å². The summed E-state index contributed by atoms with van der Waals surface area (Å²) in [6.07, 6.45) is 1.49. The first-order chi connectivity index (χ1) is 12.6. The number of aromatic nitrogens is 2. The lowest BCUT2D eigenvalue weighted by molar-refractivity contribution is 0.0934. The van der Waals surface area contributed by atoms with Crippen molar-refractivity contribution in [2.45, 2.75) is 13.0 Å². The molecule has 2 heterocycles. The number of rotatable bonds is 3. The first-order valence-electron chi connectivity index (χ1n) is 8.23. The average Bonchev–Trinajstić information content (AvgIpc) is 2.66. The first-order valence-corrected chi connectivity index (χ1v) is 9.03. The van der Waals surface area contributed by atoms with Gasteiger partial charge in [0.2, 0.25) is 0 Å². The molecule has 3 aromatic rings. The van der Waals surface area contributed by atoms with Crippen LogP contribution in [0.15, 0.2) is 47.1 Å². The van der Waals surface area contributed by atoms with E-state index in [1.54, 1.807) is 0 Å². The Hall–Kier alpha value is -2.67. The maximum absolute atomic E-state index is 12.6. The number of nitrogens with zero attached hydrogens (tertiary/aromatic N) is 2. The molecule has 0 saturated carbocycles. The van der Waals surface area contributed by atoms with Gasteiger partial charge in [-0.2, -0.15) is 0 Å². The van der Waals surface area contributed by atoms with Gasteiger partial charge in [0.05, 0.1) is 23.3 Å². The van der Waals surface area contributed by atoms with E-state index in [0.29, 0.717) is 30.2 Å². The second-order valence-electron chi connectivity index (χ2n) is 5.96. The Morgan fingerprint density at radius 2 is 1.85 bits per heavy atom. The smallest absolute Gasteiger partial charge is 0.271 e. The molecule has 0 aliphatic carbocycles. The highest BCUT2D eigenvalue weighted by atomic mass is 79.9. The third-order valence-electron chi connectivity index (χ3n) is 4.16. The van der Waals surface area contributed by atoms with Gasteiger partial charge in [-0.25, -0.2) is 4.98 Å². The minimum Gasteiger partial charge on any atom is -0.486 e. The number of ether oxygens (including phenoxy) is 2. The summed E-state index contributed by atoms with van der Waals surface area (Å²) in [4.78, 5) is 21.3. The van der Waals surface area contributed by atoms with Gasteiger partial charge in [-0.1, -0.05) is 28.1 Å². The van der Waals surface area contributed by atoms with Crippen LogP contribution in [0.3, 0.4) is 0 Å². The fourth-order valence-corrected chi connectivity index (χ4v) is 3.49. The van der Waals surface area contributed by atoms with E-state index in [2.05, 4.69) is 31.2 Å². The third kappa shape index (κ3) is 3.22. The van der Waals surface area contributed by atoms with Gasteiger partial charge >= 0.3 is 0 Å². The van der Waals surface area contributed by atoms with E-state index in [9.17, 15) is 4.79 Å². The number of carbonyl (C=O) groups excluding carboxylic acids is 1. The molecule has 0 fully saturated rings. The molecule has 0 spiro atoms. The van der Waals surface area contributed by atoms with Gasteiger partial charge < -0.3 is 14.8 Å². The number of benzene rings is 2. The summed E-state index contributed by atoms with van der Waals surface area (Å²) in [5, 5.41) is 2.96. The average molecular weight is 414 g/mol. The summed E-state index contributed by atoms with van der Waals surface area (Å²) in [5.41, 5.74) is 2.63. The molecular weight excluding hydrogens is 398 g/mol. The Morgan fingerprint density at radius 3 is 2.62 bits per heavy atom. The van der Waals surface area contributed by atoms with Crippen LogP contribution in [0.5, 0.6) is 11.5 Å². The molecule has 1 amide bonds. The molecule has 2 aromatic carbocycles. The molecule has 1 aliphatic rings. The van der Waals surface area contributed by atoms with Crippen LogP contribution < -0.4 is 14.8 Å². The lowest BCUT2D eigenvalue weighted by atomic mass is 10.1. The number of halogens is 1. The summed E-state index contributed by atoms with van der Waals surface area (Å²) in [6, 6.07) is 10.9. The van der Waals surface area contributed by atoms with Crippen molar-refractivity contribution in [1.29, 1.82) is 0 Å². The van der Waals surface area contributed by atoms with Crippen molar-refractivity contribution >= 4 is 32.9 Å². The second-order valence-corrected chi connectivity index (χ2v) is 6.81. The zero-order valence-corrected chi connectivity index (χ0v) is 15.6. The molecule has 7 heteroatoms. The summed E-state index contributed by atoms with van der Waals surface area (Å²) < 4.78 is 12.0. The van der Waals surface area contributed by atoms with Crippen LogP contribution in [-0.4, -0.2) is 29.1 Å². The molecule has 1 atom stereocenters. The maximum atomic E-state index is 12.6. The summed E-state index contributed by atoms with van der Waals surface area (Å²) in [5.74, 6) is 1.10. The van der Waals surface area contributed by atoms with Crippen molar-refractivity contribution < 1.29 is 14.3 Å². The van der Waals surface area contributed by atoms with Gasteiger partial charge in [-0.3, -0.25) is 9.78 Å². The fourth-order valence-electron chi connectivity index (χ4n) is 2.83. The lowest BCUT2D eigenvalue weighted by Crippen LogP contribution is -2.28. The largest absolute Gasteiger partial charge is 0.486 e. The van der Waals surface area contributed by atoms with Gasteiger partial charge in [0.15, 0.2) is 11.5 Å². The molecule has 26 heavy (non-hydrogen) atoms. The van der Waals surface area contributed by atoms with Crippen molar-refractivity contribution in [3.05, 3.63) is 58.3 Å². The van der Waals surface area contributed by atoms with Gasteiger partial charge in [0.25, 0.3) is 5.91 Å². The monoisotopic (exact) mass is 413 g/mol. The van der Waals surface area contributed by atoms with Crippen molar-refractivity contribution in [3.8, 4) is 11.5 Å². The second kappa shape index (κ2) is 6.92. The lowest BCUT2D eigenvalue weighted by Gasteiger charge is -2.22. The quantitative estimate of drug-likeness (QED) is 0.709. The van der Waals surface area contributed by atoms with Crippen molar-refractivity contribution in [3.63, 3.8) is 0 Å². The number of amides is 1. The summed E-state index contributed by atoms with van der Waals surface area (Å²) in [6.45, 7) is 2.95. The molecule has 1 aromatic heterocycles. The standard InChI is InChI=1S/C19H16BrN3O3/c1-11(12-8-17-18(9-13(12)20)26-7-6-25-17)22-19(24)16-10-21-14-4-2-3-5-15(14)23-16/h2-5,8-11H,6-7H2,1H3,(H,22,24)/t11-/m0/s1. The molecule has 0 radical (unpaired) electrons. The van der Waals surface area contributed by atoms with E-state index < -0.39 is 0 Å². The van der Waals surface area contributed by atoms with Gasteiger partial charge in [-0.15, -0.1) is 0 Å². The number of carbonyl (C=O) groups is 1. The van der Waals surface area contributed by atoms with E-state index in [1.165, 1.54) is 6.20 Å². The van der Waals surface area contributed by atoms with Crippen LogP contribution in [-0.2, 0) is 0 Å². The molecule has 1 aliphatic heterocycles. The SMILES string of the molecule is C[C@H](NC(=O)c1cnc2ccccc2n1)c1cc2c(cc1Br)OCCO2. The third-order valence-corrected chi connectivity index (χ3v) is 4.84. The Morgan fingerprint density at radius 1 is 1.15 bits per heavy atom. The molecule has 0 bridgehead atoms. The van der Waals surface area contributed by atoms with E-state index in [0.717, 1.165) is 15.6 Å². The van der Waals surface area contributed by atoms with Crippen LogP contribution in [0.4, 0.5) is 0 Å². The number of hydrogen-bond acceptors (Lipinski definition) is 5. The Labute approximate surface area is 158 Å². The zero-order chi connectivity index (χ0) is 18.1. The van der Waals surface area contributed by atoms with Crippen LogP contribution in [0.2, 0.25) is 0 Å². The Balaban J connectivity index is 1.57. The Bertz CT molecular complexity index is 993. The predicted octanol–water partition coefficient (Wildman–Crippen LogP) is 3.65. The molecule has 132 valence electrons. The normalized spacial score (nSPS) is 14.1. The highest BCUT2D eigenvalue weighted by molar-refractivity contribution is 9.10. The van der Waals surface area contributed by atoms with E-state index in [-0.39, 0.29) is 17.6 Å². The number of nitrogens with one attached hydrogen (secondary N) is 1. The van der Waals surface area contributed by atoms with E-state index >= 15 is 0 Å². The van der Waals surface area contributed by atoms with Crippen LogP contribution in [0.25, 0.3) is 11.0 Å². The molecule has 6 nitrogen and oxygen atoms in total. The predicted molar refractivity (Wildman–Crippen MR) is 101 cm³/mol. The van der Waals surface area contributed by atoms with Crippen LogP contribution >= 0.6 is 15.9 Å². The number of para-hydroxylation sites is 2. The molecule has 0 unspecified atom stereocenters. The molecular formula is C19H16BrN3O3. The van der Waals surface area contributed by atoms with Crippen LogP contribution in [0, 0.1) is 0 Å². The topological polar surface area (TPSA) is 73.3 Å². The highest BCUT2D eigenvalue weighted by Gasteiger charge is 2.20. The van der Waals surface area contributed by atoms with Crippen LogP contribution in [0.1, 0.15) is 29.0 Å². The van der Waals surface area contributed by atoms with Crippen molar-refractivity contribution in [2.75, 3.05) is 13.2 Å². The number of hydrogen-bond donors (Lipinski definition) is 1. The van der Waals surface area contributed by atoms with Crippen molar-refractivity contribution in [2.24, 2.45) is 0 Å². The molecule has 1 N–H and O–H groups in total. The van der Waals surface area contributed by atoms with E-state index in [1.807, 2.05) is 43.3 Å². The van der Waals surface area contributed by atoms with Gasteiger partial charge in [0.1, 0.15) is 18.9 Å². The van der Waals surface area contributed by atoms with Crippen molar-refractivity contribution in [1.82, 2.24) is 15.3 Å². The summed E-state index contributed by atoms with van der Waals surface area (Å²) >= 11 is 3.54. The molecule has 0 saturated heterocycles. The fraction of sp³-hybridized carbons (Fsp3) is 0.211. The van der Waals surface area contributed by atoms with Gasteiger partial charge in [-0.05, 0) is 36.8 Å². The maximum Gasteiger partial charge on any atom is 0.271 e. The Kier molecular flexibility index (Phi) is 4.46.